The lowest BCUT2D eigenvalue weighted by Gasteiger charge is -2.33. The van der Waals surface area contributed by atoms with E-state index >= 15 is 0 Å². The lowest BCUT2D eigenvalue weighted by Crippen LogP contribution is -2.27. The molecule has 0 unspecified atom stereocenters. The van der Waals surface area contributed by atoms with Crippen LogP contribution in [0.15, 0.2) is 78.9 Å². The molecular formula is C23H21N3. The van der Waals surface area contributed by atoms with Gasteiger partial charge in [-0.05, 0) is 36.6 Å². The molecular weight excluding hydrogens is 318 g/mol. The van der Waals surface area contributed by atoms with E-state index in [1.807, 2.05) is 0 Å². The van der Waals surface area contributed by atoms with Crippen LogP contribution in [0.1, 0.15) is 35.2 Å². The molecule has 26 heavy (non-hydrogen) atoms. The van der Waals surface area contributed by atoms with Gasteiger partial charge in [0.05, 0.1) is 23.1 Å². The van der Waals surface area contributed by atoms with Gasteiger partial charge in [0.1, 0.15) is 0 Å². The Bertz CT molecular complexity index is 1070. The Hall–Kier alpha value is -3.07. The van der Waals surface area contributed by atoms with Crippen molar-refractivity contribution >= 4 is 17.0 Å². The van der Waals surface area contributed by atoms with Crippen LogP contribution in [0.2, 0.25) is 0 Å². The fraction of sp³-hybridized carbons (Fsp3) is 0.174. The van der Waals surface area contributed by atoms with E-state index in [2.05, 4.69) is 95.7 Å². The van der Waals surface area contributed by atoms with E-state index in [-0.39, 0.29) is 12.1 Å². The number of aromatic nitrogens is 2. The van der Waals surface area contributed by atoms with Crippen LogP contribution in [-0.2, 0) is 0 Å². The van der Waals surface area contributed by atoms with Crippen LogP contribution < -0.4 is 5.32 Å². The summed E-state index contributed by atoms with van der Waals surface area (Å²) >= 11 is 0. The number of imidazole rings is 1. The molecule has 0 bridgehead atoms. The fourth-order valence-corrected chi connectivity index (χ4v) is 4.07. The number of fused-ring (bicyclic) bond motifs is 3. The van der Waals surface area contributed by atoms with E-state index in [9.17, 15) is 0 Å². The fourth-order valence-electron chi connectivity index (χ4n) is 4.07. The number of rotatable bonds is 2. The highest BCUT2D eigenvalue weighted by Crippen LogP contribution is 2.41. The second-order valence-electron chi connectivity index (χ2n) is 7.07. The molecule has 0 saturated carbocycles. The van der Waals surface area contributed by atoms with Gasteiger partial charge >= 0.3 is 0 Å². The Morgan fingerprint density at radius 1 is 0.885 bits per heavy atom. The van der Waals surface area contributed by atoms with Crippen LogP contribution >= 0.6 is 0 Å². The molecule has 0 saturated heterocycles. The van der Waals surface area contributed by atoms with Crippen molar-refractivity contribution in [2.75, 3.05) is 5.32 Å². The SMILES string of the molecule is Cc1cccc([C@H]2C[C@H](c3ccccc3)Nc3nc4ccccc4n32)c1. The number of para-hydroxylation sites is 2. The molecule has 3 aromatic carbocycles. The smallest absolute Gasteiger partial charge is 0.204 e. The van der Waals surface area contributed by atoms with Gasteiger partial charge in [0, 0.05) is 0 Å². The maximum Gasteiger partial charge on any atom is 0.204 e. The Balaban J connectivity index is 1.69. The minimum atomic E-state index is 0.256. The van der Waals surface area contributed by atoms with Crippen molar-refractivity contribution in [1.29, 1.82) is 0 Å². The molecule has 5 rings (SSSR count). The van der Waals surface area contributed by atoms with Gasteiger partial charge in [0.15, 0.2) is 0 Å². The normalized spacial score (nSPS) is 19.1. The first-order chi connectivity index (χ1) is 12.8. The highest BCUT2D eigenvalue weighted by atomic mass is 15.3. The number of nitrogens with zero attached hydrogens (tertiary/aromatic N) is 2. The van der Waals surface area contributed by atoms with Crippen molar-refractivity contribution < 1.29 is 0 Å². The van der Waals surface area contributed by atoms with E-state index in [0.29, 0.717) is 0 Å². The van der Waals surface area contributed by atoms with Crippen molar-refractivity contribution in [3.8, 4) is 0 Å². The van der Waals surface area contributed by atoms with Crippen molar-refractivity contribution in [2.24, 2.45) is 0 Å². The van der Waals surface area contributed by atoms with Crippen molar-refractivity contribution in [3.63, 3.8) is 0 Å². The van der Waals surface area contributed by atoms with Gasteiger partial charge < -0.3 is 9.88 Å². The zero-order valence-electron chi connectivity index (χ0n) is 14.8. The van der Waals surface area contributed by atoms with Crippen LogP contribution in [0.4, 0.5) is 5.95 Å². The van der Waals surface area contributed by atoms with Crippen LogP contribution in [0.5, 0.6) is 0 Å². The summed E-state index contributed by atoms with van der Waals surface area (Å²) in [6.45, 7) is 2.16. The standard InChI is InChI=1S/C23H21N3/c1-16-8-7-11-18(14-16)22-15-20(17-9-3-2-4-10-17)25-23-24-19-12-5-6-13-21(19)26(22)23/h2-14,20,22H,15H2,1H3,(H,24,25)/t20-,22-/m1/s1. The average molecular weight is 339 g/mol. The number of nitrogens with one attached hydrogen (secondary N) is 1. The lowest BCUT2D eigenvalue weighted by molar-refractivity contribution is 0.477. The lowest BCUT2D eigenvalue weighted by atomic mass is 9.92. The molecule has 1 aliphatic heterocycles. The molecule has 3 nitrogen and oxygen atoms in total. The predicted octanol–water partition coefficient (Wildman–Crippen LogP) is 5.49. The summed E-state index contributed by atoms with van der Waals surface area (Å²) in [6.07, 6.45) is 1.00. The van der Waals surface area contributed by atoms with Gasteiger partial charge in [-0.2, -0.15) is 0 Å². The molecule has 0 aliphatic carbocycles. The summed E-state index contributed by atoms with van der Waals surface area (Å²) in [5.74, 6) is 0.956. The average Bonchev–Trinajstić information content (AvgIpc) is 3.06. The van der Waals surface area contributed by atoms with Gasteiger partial charge in [0.2, 0.25) is 5.95 Å². The van der Waals surface area contributed by atoms with E-state index < -0.39 is 0 Å². The molecule has 0 spiro atoms. The van der Waals surface area contributed by atoms with Crippen molar-refractivity contribution in [2.45, 2.75) is 25.4 Å². The van der Waals surface area contributed by atoms with Gasteiger partial charge in [-0.1, -0.05) is 72.3 Å². The van der Waals surface area contributed by atoms with E-state index in [0.717, 1.165) is 17.9 Å². The largest absolute Gasteiger partial charge is 0.349 e. The van der Waals surface area contributed by atoms with Crippen LogP contribution in [0.3, 0.4) is 0 Å². The van der Waals surface area contributed by atoms with Gasteiger partial charge in [-0.15, -0.1) is 0 Å². The third-order valence-corrected chi connectivity index (χ3v) is 5.30. The second-order valence-corrected chi connectivity index (χ2v) is 7.07. The summed E-state index contributed by atoms with van der Waals surface area (Å²) in [5, 5.41) is 3.67. The number of benzene rings is 3. The first-order valence-electron chi connectivity index (χ1n) is 9.14. The summed E-state index contributed by atoms with van der Waals surface area (Å²) in [6, 6.07) is 28.5. The van der Waals surface area contributed by atoms with E-state index in [1.165, 1.54) is 22.2 Å². The van der Waals surface area contributed by atoms with Crippen molar-refractivity contribution in [3.05, 3.63) is 95.6 Å². The second kappa shape index (κ2) is 6.03. The maximum atomic E-state index is 4.88. The minimum absolute atomic E-state index is 0.256. The zero-order chi connectivity index (χ0) is 17.5. The first kappa shape index (κ1) is 15.2. The van der Waals surface area contributed by atoms with Crippen LogP contribution in [0, 0.1) is 6.92 Å². The molecule has 1 aromatic heterocycles. The molecule has 128 valence electrons. The topological polar surface area (TPSA) is 29.9 Å². The molecule has 1 aliphatic rings. The molecule has 2 heterocycles. The Kier molecular flexibility index (Phi) is 3.52. The highest BCUT2D eigenvalue weighted by Gasteiger charge is 2.30. The van der Waals surface area contributed by atoms with Gasteiger partial charge in [0.25, 0.3) is 0 Å². The number of aryl methyl sites for hydroxylation is 1. The van der Waals surface area contributed by atoms with Gasteiger partial charge in [-0.25, -0.2) is 4.98 Å². The summed E-state index contributed by atoms with van der Waals surface area (Å²) < 4.78 is 2.36. The molecule has 4 aromatic rings. The first-order valence-corrected chi connectivity index (χ1v) is 9.14. The summed E-state index contributed by atoms with van der Waals surface area (Å²) in [7, 11) is 0. The van der Waals surface area contributed by atoms with Crippen molar-refractivity contribution in [1.82, 2.24) is 9.55 Å². The highest BCUT2D eigenvalue weighted by molar-refractivity contribution is 5.79. The van der Waals surface area contributed by atoms with Gasteiger partial charge in [-0.3, -0.25) is 0 Å². The number of anilines is 1. The molecule has 3 heteroatoms. The number of hydrogen-bond donors (Lipinski definition) is 1. The monoisotopic (exact) mass is 339 g/mol. The zero-order valence-corrected chi connectivity index (χ0v) is 14.8. The maximum absolute atomic E-state index is 4.88. The predicted molar refractivity (Wildman–Crippen MR) is 106 cm³/mol. The third kappa shape index (κ3) is 2.48. The summed E-state index contributed by atoms with van der Waals surface area (Å²) in [5.41, 5.74) is 6.18. The third-order valence-electron chi connectivity index (χ3n) is 5.30. The van der Waals surface area contributed by atoms with E-state index in [1.54, 1.807) is 0 Å². The number of hydrogen-bond acceptors (Lipinski definition) is 2. The summed E-state index contributed by atoms with van der Waals surface area (Å²) in [4.78, 5) is 4.88. The molecule has 2 atom stereocenters. The Labute approximate surface area is 153 Å². The van der Waals surface area contributed by atoms with Crippen LogP contribution in [0.25, 0.3) is 11.0 Å². The molecule has 0 radical (unpaired) electrons. The van der Waals surface area contributed by atoms with E-state index in [4.69, 9.17) is 4.98 Å². The van der Waals surface area contributed by atoms with Crippen LogP contribution in [-0.4, -0.2) is 9.55 Å². The quantitative estimate of drug-likeness (QED) is 0.523. The molecule has 0 amide bonds. The minimum Gasteiger partial charge on any atom is -0.349 e. The molecule has 1 N–H and O–H groups in total. The Morgan fingerprint density at radius 2 is 1.65 bits per heavy atom. The Morgan fingerprint density at radius 3 is 2.50 bits per heavy atom. The molecule has 0 fully saturated rings.